The monoisotopic (exact) mass is 322 g/mol. The molecule has 0 unspecified atom stereocenters. The van der Waals surface area contributed by atoms with Gasteiger partial charge in [0.25, 0.3) is 0 Å². The van der Waals surface area contributed by atoms with Crippen LogP contribution in [-0.4, -0.2) is 51.6 Å². The second kappa shape index (κ2) is 7.41. The van der Waals surface area contributed by atoms with Gasteiger partial charge in [-0.25, -0.2) is 9.78 Å². The molecule has 9 nitrogen and oxygen atoms in total. The Labute approximate surface area is 130 Å². The zero-order valence-corrected chi connectivity index (χ0v) is 12.8. The summed E-state index contributed by atoms with van der Waals surface area (Å²) >= 11 is 1.16. The van der Waals surface area contributed by atoms with E-state index in [1.807, 2.05) is 0 Å². The number of nitrogens with one attached hydrogen (secondary N) is 2. The number of urea groups is 1. The van der Waals surface area contributed by atoms with Gasteiger partial charge in [-0.1, -0.05) is 11.8 Å². The van der Waals surface area contributed by atoms with E-state index >= 15 is 0 Å². The molecule has 0 aromatic carbocycles. The Morgan fingerprint density at radius 2 is 2.23 bits per heavy atom. The second-order valence-electron chi connectivity index (χ2n) is 3.96. The SMILES string of the molecule is CNC(=O)NC(=O)CSc1nncn1-c1ccc(OC)nc1. The number of amides is 3. The van der Waals surface area contributed by atoms with Gasteiger partial charge in [0.05, 0.1) is 24.7 Å². The lowest BCUT2D eigenvalue weighted by Gasteiger charge is -2.06. The van der Waals surface area contributed by atoms with Gasteiger partial charge in [-0.3, -0.25) is 14.7 Å². The third kappa shape index (κ3) is 3.95. The summed E-state index contributed by atoms with van der Waals surface area (Å²) in [4.78, 5) is 26.7. The normalized spacial score (nSPS) is 10.1. The molecule has 0 aliphatic rings. The Kier molecular flexibility index (Phi) is 5.31. The van der Waals surface area contributed by atoms with Gasteiger partial charge in [-0.15, -0.1) is 10.2 Å². The molecule has 116 valence electrons. The van der Waals surface area contributed by atoms with Crippen LogP contribution in [0.5, 0.6) is 5.88 Å². The molecule has 0 bridgehead atoms. The largest absolute Gasteiger partial charge is 0.481 e. The second-order valence-corrected chi connectivity index (χ2v) is 4.90. The number of aromatic nitrogens is 4. The number of carbonyl (C=O) groups is 2. The molecular formula is C12H14N6O3S. The van der Waals surface area contributed by atoms with Crippen LogP contribution < -0.4 is 15.4 Å². The first kappa shape index (κ1) is 15.8. The van der Waals surface area contributed by atoms with Gasteiger partial charge >= 0.3 is 6.03 Å². The molecular weight excluding hydrogens is 308 g/mol. The van der Waals surface area contributed by atoms with Crippen LogP contribution in [0.15, 0.2) is 29.8 Å². The van der Waals surface area contributed by atoms with Gasteiger partial charge in [-0.2, -0.15) is 0 Å². The summed E-state index contributed by atoms with van der Waals surface area (Å²) in [7, 11) is 2.97. The predicted octanol–water partition coefficient (Wildman–Crippen LogP) is 0.219. The first-order valence-electron chi connectivity index (χ1n) is 6.19. The van der Waals surface area contributed by atoms with Gasteiger partial charge in [0.15, 0.2) is 5.16 Å². The van der Waals surface area contributed by atoms with E-state index in [2.05, 4.69) is 25.8 Å². The van der Waals surface area contributed by atoms with E-state index in [4.69, 9.17) is 4.74 Å². The third-order valence-electron chi connectivity index (χ3n) is 2.54. The summed E-state index contributed by atoms with van der Waals surface area (Å²) in [6.07, 6.45) is 3.12. The number of carbonyl (C=O) groups excluding carboxylic acids is 2. The van der Waals surface area contributed by atoms with Crippen molar-refractivity contribution in [2.45, 2.75) is 5.16 Å². The number of methoxy groups -OCH3 is 1. The van der Waals surface area contributed by atoms with Crippen molar-refractivity contribution < 1.29 is 14.3 Å². The first-order valence-corrected chi connectivity index (χ1v) is 7.17. The molecule has 2 aromatic rings. The van der Waals surface area contributed by atoms with E-state index in [-0.39, 0.29) is 5.75 Å². The molecule has 22 heavy (non-hydrogen) atoms. The predicted molar refractivity (Wildman–Crippen MR) is 79.0 cm³/mol. The highest BCUT2D eigenvalue weighted by atomic mass is 32.2. The fourth-order valence-electron chi connectivity index (χ4n) is 1.49. The average molecular weight is 322 g/mol. The standard InChI is InChI=1S/C12H14N6O3S/c1-13-11(20)16-9(19)6-22-12-17-15-7-18(12)8-3-4-10(21-2)14-5-8/h3-5,7H,6H2,1-2H3,(H2,13,16,19,20). The van der Waals surface area contributed by atoms with E-state index in [9.17, 15) is 9.59 Å². The summed E-state index contributed by atoms with van der Waals surface area (Å²) < 4.78 is 6.68. The van der Waals surface area contributed by atoms with Crippen LogP contribution in [0, 0.1) is 0 Å². The molecule has 0 atom stereocenters. The molecule has 2 rings (SSSR count). The lowest BCUT2D eigenvalue weighted by Crippen LogP contribution is -2.38. The zero-order chi connectivity index (χ0) is 15.9. The van der Waals surface area contributed by atoms with Crippen molar-refractivity contribution in [1.82, 2.24) is 30.4 Å². The smallest absolute Gasteiger partial charge is 0.321 e. The van der Waals surface area contributed by atoms with Crippen LogP contribution in [0.2, 0.25) is 0 Å². The zero-order valence-electron chi connectivity index (χ0n) is 11.9. The maximum Gasteiger partial charge on any atom is 0.321 e. The molecule has 2 N–H and O–H groups in total. The van der Waals surface area contributed by atoms with E-state index in [0.717, 1.165) is 17.4 Å². The van der Waals surface area contributed by atoms with Gasteiger partial charge in [0.2, 0.25) is 11.8 Å². The highest BCUT2D eigenvalue weighted by molar-refractivity contribution is 7.99. The lowest BCUT2D eigenvalue weighted by atomic mass is 10.4. The van der Waals surface area contributed by atoms with Crippen LogP contribution >= 0.6 is 11.8 Å². The Morgan fingerprint density at radius 1 is 1.41 bits per heavy atom. The number of imide groups is 1. The van der Waals surface area contributed by atoms with Crippen LogP contribution in [0.25, 0.3) is 5.69 Å². The van der Waals surface area contributed by atoms with E-state index in [0.29, 0.717) is 11.0 Å². The Bertz CT molecular complexity index is 657. The highest BCUT2D eigenvalue weighted by Crippen LogP contribution is 2.19. The lowest BCUT2D eigenvalue weighted by molar-refractivity contribution is -0.117. The number of rotatable bonds is 5. The molecule has 0 saturated heterocycles. The van der Waals surface area contributed by atoms with Crippen molar-refractivity contribution in [3.05, 3.63) is 24.7 Å². The molecule has 2 heterocycles. The fourth-order valence-corrected chi connectivity index (χ4v) is 2.22. The van der Waals surface area contributed by atoms with Crippen molar-refractivity contribution in [1.29, 1.82) is 0 Å². The van der Waals surface area contributed by atoms with Gasteiger partial charge in [0, 0.05) is 13.1 Å². The molecule has 3 amide bonds. The van der Waals surface area contributed by atoms with Crippen molar-refractivity contribution in [3.63, 3.8) is 0 Å². The topological polar surface area (TPSA) is 111 Å². The Hall–Kier alpha value is -2.62. The van der Waals surface area contributed by atoms with Crippen LogP contribution in [-0.2, 0) is 4.79 Å². The van der Waals surface area contributed by atoms with Crippen LogP contribution in [0.3, 0.4) is 0 Å². The minimum Gasteiger partial charge on any atom is -0.481 e. The van der Waals surface area contributed by atoms with Crippen molar-refractivity contribution in [3.8, 4) is 11.6 Å². The van der Waals surface area contributed by atoms with Crippen molar-refractivity contribution >= 4 is 23.7 Å². The number of hydrogen-bond donors (Lipinski definition) is 2. The molecule has 0 saturated carbocycles. The number of hydrogen-bond acceptors (Lipinski definition) is 7. The van der Waals surface area contributed by atoms with Crippen LogP contribution in [0.1, 0.15) is 0 Å². The molecule has 2 aromatic heterocycles. The molecule has 0 spiro atoms. The summed E-state index contributed by atoms with van der Waals surface area (Å²) in [6.45, 7) is 0. The van der Waals surface area contributed by atoms with Crippen molar-refractivity contribution in [2.75, 3.05) is 19.9 Å². The van der Waals surface area contributed by atoms with Crippen LogP contribution in [0.4, 0.5) is 4.79 Å². The molecule has 0 fully saturated rings. The van der Waals surface area contributed by atoms with E-state index in [1.165, 1.54) is 20.5 Å². The van der Waals surface area contributed by atoms with Gasteiger partial charge in [-0.05, 0) is 6.07 Å². The maximum absolute atomic E-state index is 11.6. The fraction of sp³-hybridized carbons (Fsp3) is 0.250. The van der Waals surface area contributed by atoms with E-state index in [1.54, 1.807) is 22.9 Å². The molecule has 0 aliphatic heterocycles. The van der Waals surface area contributed by atoms with Gasteiger partial charge in [0.1, 0.15) is 6.33 Å². The third-order valence-corrected chi connectivity index (χ3v) is 3.48. The Balaban J connectivity index is 2.03. The Morgan fingerprint density at radius 3 is 2.86 bits per heavy atom. The minimum absolute atomic E-state index is 0.0374. The number of thioether (sulfide) groups is 1. The van der Waals surface area contributed by atoms with E-state index < -0.39 is 11.9 Å². The summed E-state index contributed by atoms with van der Waals surface area (Å²) in [5.41, 5.74) is 0.736. The number of ether oxygens (including phenoxy) is 1. The molecule has 0 radical (unpaired) electrons. The summed E-state index contributed by atoms with van der Waals surface area (Å²) in [5.74, 6) is 0.109. The van der Waals surface area contributed by atoms with Gasteiger partial charge < -0.3 is 10.1 Å². The average Bonchev–Trinajstić information content (AvgIpc) is 3.01. The molecule has 0 aliphatic carbocycles. The molecule has 10 heteroatoms. The number of nitrogens with zero attached hydrogens (tertiary/aromatic N) is 4. The van der Waals surface area contributed by atoms with Crippen molar-refractivity contribution in [2.24, 2.45) is 0 Å². The summed E-state index contributed by atoms with van der Waals surface area (Å²) in [5, 5.41) is 12.7. The minimum atomic E-state index is -0.550. The quantitative estimate of drug-likeness (QED) is 0.757. The first-order chi connectivity index (χ1) is 10.6. The highest BCUT2D eigenvalue weighted by Gasteiger charge is 2.12. The summed E-state index contributed by atoms with van der Waals surface area (Å²) in [6, 6.07) is 2.96. The number of pyridine rings is 1. The maximum atomic E-state index is 11.6.